The lowest BCUT2D eigenvalue weighted by molar-refractivity contribution is 0.205. The second-order valence-electron chi connectivity index (χ2n) is 7.80. The zero-order chi connectivity index (χ0) is 19.3. The van der Waals surface area contributed by atoms with Gasteiger partial charge in [0.2, 0.25) is 0 Å². The van der Waals surface area contributed by atoms with Crippen molar-refractivity contribution in [3.63, 3.8) is 0 Å². The van der Waals surface area contributed by atoms with Crippen molar-refractivity contribution >= 4 is 39.8 Å². The van der Waals surface area contributed by atoms with E-state index in [4.69, 9.17) is 4.99 Å². The maximum absolute atomic E-state index is 12.3. The maximum Gasteiger partial charge on any atom is 0.194 e. The summed E-state index contributed by atoms with van der Waals surface area (Å²) in [6.45, 7) is 12.6. The molecule has 0 aliphatic carbocycles. The molecule has 156 valence electrons. The molecule has 1 heterocycles. The Kier molecular flexibility index (Phi) is 11.0. The third kappa shape index (κ3) is 6.51. The molecule has 1 aliphatic rings. The van der Waals surface area contributed by atoms with Crippen LogP contribution in [0.15, 0.2) is 4.99 Å². The van der Waals surface area contributed by atoms with Crippen molar-refractivity contribution in [2.45, 2.75) is 58.2 Å². The van der Waals surface area contributed by atoms with Crippen molar-refractivity contribution in [3.05, 3.63) is 0 Å². The van der Waals surface area contributed by atoms with Gasteiger partial charge in [-0.3, -0.25) is 4.99 Å². The highest BCUT2D eigenvalue weighted by Crippen LogP contribution is 2.24. The van der Waals surface area contributed by atoms with E-state index in [0.29, 0.717) is 25.0 Å². The summed E-state index contributed by atoms with van der Waals surface area (Å²) < 4.78 is 23.8. The van der Waals surface area contributed by atoms with Crippen molar-refractivity contribution in [2.24, 2.45) is 10.9 Å². The standard InChI is InChI=1S/C18H38N4O2S.HI/c1-8-15(9-2)16(21(6)7)13-20-17(19-10-3)22-11-12-25(23,24)18(4,5)14-22;/h15-16H,8-14H2,1-7H3,(H,19,20);1H. The van der Waals surface area contributed by atoms with E-state index in [2.05, 4.69) is 43.1 Å². The molecule has 0 aromatic heterocycles. The number of rotatable bonds is 7. The first-order valence-electron chi connectivity index (χ1n) is 9.51. The zero-order valence-corrected chi connectivity index (χ0v) is 20.7. The largest absolute Gasteiger partial charge is 0.357 e. The normalized spacial score (nSPS) is 20.8. The van der Waals surface area contributed by atoms with Gasteiger partial charge in [0.15, 0.2) is 15.8 Å². The van der Waals surface area contributed by atoms with Crippen LogP contribution in [0, 0.1) is 5.92 Å². The summed E-state index contributed by atoms with van der Waals surface area (Å²) in [6.07, 6.45) is 2.28. The van der Waals surface area contributed by atoms with E-state index in [-0.39, 0.29) is 29.7 Å². The monoisotopic (exact) mass is 502 g/mol. The fourth-order valence-corrected chi connectivity index (χ4v) is 4.86. The molecular formula is C18H39IN4O2S. The SMILES string of the molecule is CCNC(=NCC(C(CC)CC)N(C)C)N1CCS(=O)(=O)C(C)(C)C1.I. The molecule has 1 N–H and O–H groups in total. The average molecular weight is 503 g/mol. The topological polar surface area (TPSA) is 65.0 Å². The summed E-state index contributed by atoms with van der Waals surface area (Å²) in [5.41, 5.74) is 0. The molecule has 1 rings (SSSR count). The fraction of sp³-hybridized carbons (Fsp3) is 0.944. The van der Waals surface area contributed by atoms with Crippen molar-refractivity contribution in [3.8, 4) is 0 Å². The van der Waals surface area contributed by atoms with Crippen LogP contribution in [0.3, 0.4) is 0 Å². The van der Waals surface area contributed by atoms with Gasteiger partial charge < -0.3 is 15.1 Å². The smallest absolute Gasteiger partial charge is 0.194 e. The number of sulfone groups is 1. The van der Waals surface area contributed by atoms with E-state index in [9.17, 15) is 8.42 Å². The van der Waals surface area contributed by atoms with Crippen LogP contribution in [0.4, 0.5) is 0 Å². The molecule has 1 fully saturated rings. The quantitative estimate of drug-likeness (QED) is 0.329. The molecular weight excluding hydrogens is 463 g/mol. The van der Waals surface area contributed by atoms with Crippen LogP contribution in [0.2, 0.25) is 0 Å². The molecule has 0 aromatic carbocycles. The molecule has 0 amide bonds. The second kappa shape index (κ2) is 11.0. The van der Waals surface area contributed by atoms with Gasteiger partial charge in [-0.2, -0.15) is 0 Å². The lowest BCUT2D eigenvalue weighted by atomic mass is 9.93. The van der Waals surface area contributed by atoms with Gasteiger partial charge in [-0.05, 0) is 40.8 Å². The third-order valence-corrected chi connectivity index (χ3v) is 7.90. The Morgan fingerprint density at radius 3 is 2.23 bits per heavy atom. The highest BCUT2D eigenvalue weighted by atomic mass is 127. The number of guanidine groups is 1. The van der Waals surface area contributed by atoms with E-state index in [1.165, 1.54) is 0 Å². The first-order chi connectivity index (χ1) is 11.6. The Hall–Kier alpha value is -0.0900. The van der Waals surface area contributed by atoms with E-state index >= 15 is 0 Å². The number of nitrogens with one attached hydrogen (secondary N) is 1. The lowest BCUT2D eigenvalue weighted by Crippen LogP contribution is -2.57. The number of hydrogen-bond acceptors (Lipinski definition) is 4. The summed E-state index contributed by atoms with van der Waals surface area (Å²) in [5.74, 6) is 1.64. The third-order valence-electron chi connectivity index (χ3n) is 5.36. The predicted octanol–water partition coefficient (Wildman–Crippen LogP) is 2.45. The summed E-state index contributed by atoms with van der Waals surface area (Å²) in [7, 11) is 1.19. The Morgan fingerprint density at radius 1 is 1.23 bits per heavy atom. The van der Waals surface area contributed by atoms with Gasteiger partial charge in [-0.25, -0.2) is 8.42 Å². The molecule has 1 aliphatic heterocycles. The van der Waals surface area contributed by atoms with Crippen LogP contribution in [0.5, 0.6) is 0 Å². The Labute approximate surface area is 178 Å². The summed E-state index contributed by atoms with van der Waals surface area (Å²) in [5, 5.41) is 3.35. The highest BCUT2D eigenvalue weighted by Gasteiger charge is 2.41. The van der Waals surface area contributed by atoms with Gasteiger partial charge in [0.05, 0.1) is 17.0 Å². The van der Waals surface area contributed by atoms with Crippen LogP contribution >= 0.6 is 24.0 Å². The molecule has 1 saturated heterocycles. The summed E-state index contributed by atoms with van der Waals surface area (Å²) in [6, 6.07) is 0.394. The van der Waals surface area contributed by atoms with Crippen LogP contribution in [-0.4, -0.2) is 81.0 Å². The van der Waals surface area contributed by atoms with Gasteiger partial charge in [0.1, 0.15) is 0 Å². The minimum atomic E-state index is -3.04. The molecule has 0 radical (unpaired) electrons. The second-order valence-corrected chi connectivity index (χ2v) is 10.5. The molecule has 1 unspecified atom stereocenters. The highest BCUT2D eigenvalue weighted by molar-refractivity contribution is 14.0. The molecule has 0 saturated carbocycles. The molecule has 0 bridgehead atoms. The maximum atomic E-state index is 12.3. The Balaban J connectivity index is 0.00000625. The van der Waals surface area contributed by atoms with Crippen LogP contribution in [0.1, 0.15) is 47.5 Å². The van der Waals surface area contributed by atoms with Crippen molar-refractivity contribution in [2.75, 3.05) is 46.0 Å². The van der Waals surface area contributed by atoms with Gasteiger partial charge in [-0.15, -0.1) is 24.0 Å². The number of aliphatic imine (C=N–C) groups is 1. The van der Waals surface area contributed by atoms with E-state index in [0.717, 1.165) is 31.9 Å². The van der Waals surface area contributed by atoms with Crippen molar-refractivity contribution in [1.82, 2.24) is 15.1 Å². The minimum Gasteiger partial charge on any atom is -0.357 e. The van der Waals surface area contributed by atoms with Crippen molar-refractivity contribution in [1.29, 1.82) is 0 Å². The van der Waals surface area contributed by atoms with Gasteiger partial charge in [0.25, 0.3) is 0 Å². The Morgan fingerprint density at radius 2 is 1.81 bits per heavy atom. The minimum absolute atomic E-state index is 0. The first-order valence-corrected chi connectivity index (χ1v) is 11.2. The molecule has 0 spiro atoms. The van der Waals surface area contributed by atoms with Gasteiger partial charge in [-0.1, -0.05) is 26.7 Å². The van der Waals surface area contributed by atoms with Crippen molar-refractivity contribution < 1.29 is 8.42 Å². The fourth-order valence-electron chi connectivity index (χ4n) is 3.50. The summed E-state index contributed by atoms with van der Waals surface area (Å²) >= 11 is 0. The number of likely N-dealkylation sites (N-methyl/N-ethyl adjacent to an activating group) is 1. The van der Waals surface area contributed by atoms with Crippen LogP contribution < -0.4 is 5.32 Å². The molecule has 8 heteroatoms. The predicted molar refractivity (Wildman–Crippen MR) is 122 cm³/mol. The van der Waals surface area contributed by atoms with Gasteiger partial charge in [0, 0.05) is 25.7 Å². The van der Waals surface area contributed by atoms with E-state index < -0.39 is 14.6 Å². The molecule has 1 atom stereocenters. The van der Waals surface area contributed by atoms with Crippen LogP contribution in [-0.2, 0) is 9.84 Å². The van der Waals surface area contributed by atoms with E-state index in [1.807, 2.05) is 20.8 Å². The van der Waals surface area contributed by atoms with E-state index in [1.54, 1.807) is 0 Å². The molecule has 26 heavy (non-hydrogen) atoms. The molecule has 6 nitrogen and oxygen atoms in total. The average Bonchev–Trinajstić information content (AvgIpc) is 2.52. The van der Waals surface area contributed by atoms with Crippen LogP contribution in [0.25, 0.3) is 0 Å². The summed E-state index contributed by atoms with van der Waals surface area (Å²) in [4.78, 5) is 9.24. The zero-order valence-electron chi connectivity index (χ0n) is 17.6. The number of hydrogen-bond donors (Lipinski definition) is 1. The first kappa shape index (κ1) is 25.9. The number of halogens is 1. The lowest BCUT2D eigenvalue weighted by Gasteiger charge is -2.39. The molecule has 0 aromatic rings. The number of nitrogens with zero attached hydrogens (tertiary/aromatic N) is 3. The van der Waals surface area contributed by atoms with Gasteiger partial charge >= 0.3 is 0 Å². The Bertz CT molecular complexity index is 545.